The summed E-state index contributed by atoms with van der Waals surface area (Å²) >= 11 is 0. The van der Waals surface area contributed by atoms with Gasteiger partial charge in [0.25, 0.3) is 0 Å². The molecule has 0 radical (unpaired) electrons. The van der Waals surface area contributed by atoms with Gasteiger partial charge in [0.15, 0.2) is 5.78 Å². The first kappa shape index (κ1) is 8.88. The van der Waals surface area contributed by atoms with E-state index in [0.717, 1.165) is 6.21 Å². The first-order valence-electron chi connectivity index (χ1n) is 3.05. The number of ether oxygens (including phenoxy) is 1. The number of hydrogen-bond acceptors (Lipinski definition) is 3. The second kappa shape index (κ2) is 4.73. The van der Waals surface area contributed by atoms with Crippen LogP contribution in [-0.2, 0) is 9.53 Å². The average Bonchev–Trinajstić information content (AvgIpc) is 1.89. The van der Waals surface area contributed by atoms with Crippen molar-refractivity contribution in [2.75, 3.05) is 6.61 Å². The third kappa shape index (κ3) is 3.02. The van der Waals surface area contributed by atoms with Crippen LogP contribution in [0.1, 0.15) is 13.8 Å². The van der Waals surface area contributed by atoms with Gasteiger partial charge in [0.2, 0.25) is 0 Å². The van der Waals surface area contributed by atoms with Crippen molar-refractivity contribution in [1.29, 1.82) is 5.41 Å². The van der Waals surface area contributed by atoms with Crippen LogP contribution in [0.5, 0.6) is 0 Å². The molecule has 0 heterocycles. The molecule has 0 aliphatic heterocycles. The molecule has 0 saturated heterocycles. The lowest BCUT2D eigenvalue weighted by atomic mass is 10.2. The molecule has 0 saturated carbocycles. The average molecular weight is 141 g/mol. The predicted molar refractivity (Wildman–Crippen MR) is 39.2 cm³/mol. The Kier molecular flexibility index (Phi) is 4.20. The van der Waals surface area contributed by atoms with E-state index >= 15 is 0 Å². The fourth-order valence-corrected chi connectivity index (χ4v) is 0.392. The molecular weight excluding hydrogens is 130 g/mol. The summed E-state index contributed by atoms with van der Waals surface area (Å²) in [4.78, 5) is 10.6. The fraction of sp³-hybridized carbons (Fsp3) is 0.429. The summed E-state index contributed by atoms with van der Waals surface area (Å²) in [5, 5.41) is 6.77. The van der Waals surface area contributed by atoms with E-state index in [-0.39, 0.29) is 5.78 Å². The minimum absolute atomic E-state index is 0.150. The van der Waals surface area contributed by atoms with Crippen molar-refractivity contribution in [2.24, 2.45) is 0 Å². The van der Waals surface area contributed by atoms with Crippen LogP contribution in [0.15, 0.2) is 11.8 Å². The summed E-state index contributed by atoms with van der Waals surface area (Å²) < 4.78 is 4.81. The predicted octanol–water partition coefficient (Wildman–Crippen LogP) is 1.15. The highest BCUT2D eigenvalue weighted by Crippen LogP contribution is 1.91. The van der Waals surface area contributed by atoms with E-state index in [2.05, 4.69) is 0 Å². The second-order valence-electron chi connectivity index (χ2n) is 1.73. The molecule has 10 heavy (non-hydrogen) atoms. The Morgan fingerprint density at radius 3 is 2.60 bits per heavy atom. The highest BCUT2D eigenvalue weighted by Gasteiger charge is 1.97. The first-order valence-corrected chi connectivity index (χ1v) is 3.05. The molecule has 56 valence electrons. The van der Waals surface area contributed by atoms with Gasteiger partial charge in [0, 0.05) is 6.21 Å². The van der Waals surface area contributed by atoms with E-state index < -0.39 is 0 Å². The summed E-state index contributed by atoms with van der Waals surface area (Å²) in [5.41, 5.74) is 0.293. The first-order chi connectivity index (χ1) is 4.72. The van der Waals surface area contributed by atoms with Crippen LogP contribution in [-0.4, -0.2) is 18.6 Å². The molecular formula is C7H11NO2. The Morgan fingerprint density at radius 2 is 2.30 bits per heavy atom. The SMILES string of the molecule is CCO/C=C(\C=N)C(C)=O. The third-order valence-corrected chi connectivity index (χ3v) is 0.939. The van der Waals surface area contributed by atoms with Crippen molar-refractivity contribution < 1.29 is 9.53 Å². The second-order valence-corrected chi connectivity index (χ2v) is 1.73. The maximum atomic E-state index is 10.6. The molecule has 0 aromatic carbocycles. The standard InChI is InChI=1S/C7H11NO2/c1-3-10-5-7(4-8)6(2)9/h4-5,8H,3H2,1-2H3/b7-5+,8-4?. The van der Waals surface area contributed by atoms with Crippen LogP contribution >= 0.6 is 0 Å². The summed E-state index contributed by atoms with van der Waals surface area (Å²) in [6, 6.07) is 0. The van der Waals surface area contributed by atoms with Gasteiger partial charge < -0.3 is 10.1 Å². The summed E-state index contributed by atoms with van der Waals surface area (Å²) in [7, 11) is 0. The Labute approximate surface area is 60.2 Å². The van der Waals surface area contributed by atoms with Crippen LogP contribution in [0.4, 0.5) is 0 Å². The van der Waals surface area contributed by atoms with Gasteiger partial charge in [-0.2, -0.15) is 0 Å². The smallest absolute Gasteiger partial charge is 0.164 e. The molecule has 0 spiro atoms. The third-order valence-electron chi connectivity index (χ3n) is 0.939. The van der Waals surface area contributed by atoms with Crippen molar-refractivity contribution in [3.05, 3.63) is 11.8 Å². The zero-order valence-electron chi connectivity index (χ0n) is 6.18. The van der Waals surface area contributed by atoms with Crippen LogP contribution < -0.4 is 0 Å². The number of ketones is 1. The lowest BCUT2D eigenvalue weighted by Crippen LogP contribution is -1.98. The minimum Gasteiger partial charge on any atom is -0.501 e. The van der Waals surface area contributed by atoms with Gasteiger partial charge in [0.1, 0.15) is 0 Å². The minimum atomic E-state index is -0.150. The Bertz CT molecular complexity index is 161. The molecule has 3 nitrogen and oxygen atoms in total. The zero-order valence-corrected chi connectivity index (χ0v) is 6.18. The molecule has 0 rings (SSSR count). The molecule has 1 N–H and O–H groups in total. The molecule has 3 heteroatoms. The van der Waals surface area contributed by atoms with Crippen LogP contribution in [0.2, 0.25) is 0 Å². The summed E-state index contributed by atoms with van der Waals surface area (Å²) in [6.07, 6.45) is 2.29. The maximum Gasteiger partial charge on any atom is 0.164 e. The van der Waals surface area contributed by atoms with Crippen molar-refractivity contribution in [1.82, 2.24) is 0 Å². The van der Waals surface area contributed by atoms with Gasteiger partial charge in [-0.1, -0.05) is 0 Å². The van der Waals surface area contributed by atoms with E-state index in [9.17, 15) is 4.79 Å². The molecule has 0 bridgehead atoms. The molecule has 0 aliphatic rings. The zero-order chi connectivity index (χ0) is 7.98. The molecule has 0 amide bonds. The number of Topliss-reactive ketones (excluding diaryl/α,β-unsaturated/α-hetero) is 1. The number of hydrogen-bond donors (Lipinski definition) is 1. The van der Waals surface area contributed by atoms with Crippen LogP contribution in [0.3, 0.4) is 0 Å². The van der Waals surface area contributed by atoms with Gasteiger partial charge in [-0.05, 0) is 13.8 Å². The van der Waals surface area contributed by atoms with Gasteiger partial charge in [-0.15, -0.1) is 0 Å². The van der Waals surface area contributed by atoms with Crippen molar-refractivity contribution >= 4 is 12.0 Å². The van der Waals surface area contributed by atoms with E-state index in [1.807, 2.05) is 6.92 Å². The monoisotopic (exact) mass is 141 g/mol. The highest BCUT2D eigenvalue weighted by atomic mass is 16.5. The lowest BCUT2D eigenvalue weighted by molar-refractivity contribution is -0.113. The van der Waals surface area contributed by atoms with E-state index in [4.69, 9.17) is 10.1 Å². The number of carbonyl (C=O) groups is 1. The number of nitrogens with one attached hydrogen (secondary N) is 1. The number of carbonyl (C=O) groups excluding carboxylic acids is 1. The van der Waals surface area contributed by atoms with E-state index in [1.54, 1.807) is 0 Å². The van der Waals surface area contributed by atoms with Crippen LogP contribution in [0.25, 0.3) is 0 Å². The van der Waals surface area contributed by atoms with Gasteiger partial charge in [-0.25, -0.2) is 0 Å². The Morgan fingerprint density at radius 1 is 1.70 bits per heavy atom. The Hall–Kier alpha value is -1.12. The van der Waals surface area contributed by atoms with Gasteiger partial charge in [-0.3, -0.25) is 4.79 Å². The van der Waals surface area contributed by atoms with Crippen molar-refractivity contribution in [3.8, 4) is 0 Å². The number of allylic oxidation sites excluding steroid dienone is 1. The fourth-order valence-electron chi connectivity index (χ4n) is 0.392. The van der Waals surface area contributed by atoms with Crippen molar-refractivity contribution in [3.63, 3.8) is 0 Å². The maximum absolute atomic E-state index is 10.6. The molecule has 0 aromatic rings. The van der Waals surface area contributed by atoms with Crippen molar-refractivity contribution in [2.45, 2.75) is 13.8 Å². The quantitative estimate of drug-likeness (QED) is 0.362. The normalized spacial score (nSPS) is 10.8. The molecule has 0 aromatic heterocycles. The molecule has 0 aliphatic carbocycles. The topological polar surface area (TPSA) is 50.1 Å². The van der Waals surface area contributed by atoms with Gasteiger partial charge >= 0.3 is 0 Å². The summed E-state index contributed by atoms with van der Waals surface area (Å²) in [6.45, 7) is 3.73. The molecule has 0 fully saturated rings. The Balaban J connectivity index is 4.04. The molecule has 0 atom stereocenters. The lowest BCUT2D eigenvalue weighted by Gasteiger charge is -1.95. The summed E-state index contributed by atoms with van der Waals surface area (Å²) in [5.74, 6) is -0.150. The number of rotatable bonds is 4. The van der Waals surface area contributed by atoms with Crippen LogP contribution in [0, 0.1) is 5.41 Å². The van der Waals surface area contributed by atoms with E-state index in [0.29, 0.717) is 12.2 Å². The largest absolute Gasteiger partial charge is 0.501 e. The highest BCUT2D eigenvalue weighted by molar-refractivity contribution is 6.10. The van der Waals surface area contributed by atoms with E-state index in [1.165, 1.54) is 13.2 Å². The molecule has 0 unspecified atom stereocenters. The van der Waals surface area contributed by atoms with Gasteiger partial charge in [0.05, 0.1) is 18.4 Å².